The van der Waals surface area contributed by atoms with Crippen LogP contribution in [0.1, 0.15) is 6.92 Å². The first-order chi connectivity index (χ1) is 8.69. The van der Waals surface area contributed by atoms with Crippen LogP contribution < -0.4 is 0 Å². The lowest BCUT2D eigenvalue weighted by atomic mass is 10.4. The van der Waals surface area contributed by atoms with E-state index in [4.69, 9.17) is 5.26 Å². The Morgan fingerprint density at radius 1 is 1.21 bits per heavy atom. The normalized spacial score (nSPS) is 14.6. The number of ether oxygens (including phenoxy) is 2. The van der Waals surface area contributed by atoms with Gasteiger partial charge in [0.05, 0.1) is 18.6 Å². The maximum Gasteiger partial charge on any atom is 0.446 e. The first-order valence-electron chi connectivity index (χ1n) is 4.43. The Balaban J connectivity index is 4.69. The van der Waals surface area contributed by atoms with E-state index < -0.39 is 41.8 Å². The third-order valence-electron chi connectivity index (χ3n) is 1.43. The van der Waals surface area contributed by atoms with Crippen molar-refractivity contribution in [1.29, 1.82) is 0 Å². The maximum absolute atomic E-state index is 13.4. The Labute approximate surface area is 107 Å². The summed E-state index contributed by atoms with van der Waals surface area (Å²) in [6.07, 6.45) is -5.73. The summed E-state index contributed by atoms with van der Waals surface area (Å²) in [6.45, 7) is 0.0821. The van der Waals surface area contributed by atoms with E-state index in [0.29, 0.717) is 0 Å². The van der Waals surface area contributed by atoms with E-state index in [1.807, 2.05) is 0 Å². The molecule has 1 atom stereocenters. The van der Waals surface area contributed by atoms with Crippen molar-refractivity contribution in [2.24, 2.45) is 0 Å². The van der Waals surface area contributed by atoms with Crippen LogP contribution in [0.5, 0.6) is 0 Å². The van der Waals surface area contributed by atoms with Gasteiger partial charge in [-0.2, -0.15) is 13.2 Å². The van der Waals surface area contributed by atoms with E-state index in [2.05, 4.69) is 18.8 Å². The van der Waals surface area contributed by atoms with Crippen molar-refractivity contribution < 1.29 is 51.3 Å². The summed E-state index contributed by atoms with van der Waals surface area (Å²) in [5.41, 5.74) is 0. The largest absolute Gasteiger partial charge is 0.463 e. The molecule has 0 saturated heterocycles. The second kappa shape index (κ2) is 7.47. The molecule has 112 valence electrons. The predicted molar refractivity (Wildman–Crippen MR) is 49.9 cm³/mol. The fourth-order valence-electron chi connectivity index (χ4n) is 0.679. The van der Waals surface area contributed by atoms with Crippen LogP contribution in [-0.2, 0) is 28.4 Å². The molecule has 0 aromatic carbocycles. The van der Waals surface area contributed by atoms with Crippen molar-refractivity contribution >= 4 is 24.0 Å². The van der Waals surface area contributed by atoms with Gasteiger partial charge in [-0.25, -0.2) is 19.2 Å². The third kappa shape index (κ3) is 5.18. The first kappa shape index (κ1) is 17.9. The van der Waals surface area contributed by atoms with Gasteiger partial charge in [0.1, 0.15) is 0 Å². The number of carbonyl (C=O) groups excluding carboxylic acids is 2. The zero-order valence-electron chi connectivity index (χ0n) is 9.23. The van der Waals surface area contributed by atoms with Crippen LogP contribution >= 0.6 is 12.0 Å². The van der Waals surface area contributed by atoms with Crippen LogP contribution in [-0.4, -0.2) is 41.6 Å². The smallest absolute Gasteiger partial charge is 0.446 e. The molecular weight excluding hydrogens is 304 g/mol. The van der Waals surface area contributed by atoms with Gasteiger partial charge in [0, 0.05) is 0 Å². The molecular formula is C7H8F4O7S. The average Bonchev–Trinajstić information content (AvgIpc) is 2.31. The molecule has 0 saturated carbocycles. The summed E-state index contributed by atoms with van der Waals surface area (Å²) in [4.78, 5) is 21.7. The fourth-order valence-corrected chi connectivity index (χ4v) is 1.02. The summed E-state index contributed by atoms with van der Waals surface area (Å²) in [6, 6.07) is 0. The number of carbonyl (C=O) groups is 2. The first-order valence-corrected chi connectivity index (χ1v) is 5.17. The number of esters is 2. The van der Waals surface area contributed by atoms with Crippen molar-refractivity contribution in [2.45, 2.75) is 18.1 Å². The number of hydrogen-bond donors (Lipinski definition) is 1. The fraction of sp³-hybridized carbons (Fsp3) is 0.714. The van der Waals surface area contributed by atoms with Gasteiger partial charge in [-0.3, -0.25) is 0 Å². The van der Waals surface area contributed by atoms with E-state index in [1.54, 1.807) is 0 Å². The van der Waals surface area contributed by atoms with Crippen molar-refractivity contribution in [3.05, 3.63) is 0 Å². The molecule has 0 heterocycles. The van der Waals surface area contributed by atoms with Crippen LogP contribution in [0.25, 0.3) is 0 Å². The molecule has 0 aliphatic carbocycles. The van der Waals surface area contributed by atoms with Gasteiger partial charge >= 0.3 is 23.1 Å². The van der Waals surface area contributed by atoms with E-state index >= 15 is 0 Å². The molecule has 19 heavy (non-hydrogen) atoms. The van der Waals surface area contributed by atoms with Gasteiger partial charge in [0.25, 0.3) is 0 Å². The summed E-state index contributed by atoms with van der Waals surface area (Å²) in [5.74, 6) is -3.63. The van der Waals surface area contributed by atoms with Crippen molar-refractivity contribution in [3.63, 3.8) is 0 Å². The van der Waals surface area contributed by atoms with Gasteiger partial charge in [-0.15, -0.1) is 4.33 Å². The summed E-state index contributed by atoms with van der Waals surface area (Å²) in [5, 5.41) is 5.75. The zero-order chi connectivity index (χ0) is 15.1. The molecule has 1 unspecified atom stereocenters. The van der Waals surface area contributed by atoms with Crippen LogP contribution in [0.2, 0.25) is 0 Å². The van der Waals surface area contributed by atoms with Crippen LogP contribution in [0, 0.1) is 0 Å². The molecule has 0 bridgehead atoms. The highest BCUT2D eigenvalue weighted by atomic mass is 32.2. The van der Waals surface area contributed by atoms with Crippen LogP contribution in [0.4, 0.5) is 17.6 Å². The zero-order valence-corrected chi connectivity index (χ0v) is 10.0. The Morgan fingerprint density at radius 2 is 1.79 bits per heavy atom. The summed E-state index contributed by atoms with van der Waals surface area (Å²) < 4.78 is 61.7. The topological polar surface area (TPSA) is 91.3 Å². The quantitative estimate of drug-likeness (QED) is 0.248. The van der Waals surface area contributed by atoms with Crippen LogP contribution in [0.15, 0.2) is 0 Å². The molecule has 0 aliphatic rings. The Morgan fingerprint density at radius 3 is 2.21 bits per heavy atom. The molecule has 0 spiro atoms. The Bertz CT molecular complexity index is 323. The van der Waals surface area contributed by atoms with Crippen LogP contribution in [0.3, 0.4) is 0 Å². The lowest BCUT2D eigenvalue weighted by molar-refractivity contribution is -0.433. The maximum atomic E-state index is 13.4. The number of halogens is 4. The Hall–Kier alpha value is -1.11. The lowest BCUT2D eigenvalue weighted by Gasteiger charge is -2.22. The average molecular weight is 312 g/mol. The minimum atomic E-state index is -5.73. The second-order valence-electron chi connectivity index (χ2n) is 2.70. The number of hydrogen-bond acceptors (Lipinski definition) is 8. The molecule has 0 aromatic rings. The van der Waals surface area contributed by atoms with Crippen molar-refractivity contribution in [3.8, 4) is 0 Å². The number of alkyl halides is 4. The highest BCUT2D eigenvalue weighted by molar-refractivity contribution is 7.96. The van der Waals surface area contributed by atoms with Gasteiger partial charge in [0.15, 0.2) is 6.61 Å². The molecule has 0 amide bonds. The van der Waals surface area contributed by atoms with Gasteiger partial charge in [-0.05, 0) is 6.92 Å². The van der Waals surface area contributed by atoms with E-state index in [-0.39, 0.29) is 6.61 Å². The van der Waals surface area contributed by atoms with Gasteiger partial charge < -0.3 is 9.47 Å². The third-order valence-corrected chi connectivity index (χ3v) is 2.19. The van der Waals surface area contributed by atoms with Gasteiger partial charge in [0.2, 0.25) is 0 Å². The second-order valence-corrected chi connectivity index (χ2v) is 3.57. The van der Waals surface area contributed by atoms with E-state index in [1.165, 1.54) is 6.92 Å². The van der Waals surface area contributed by atoms with Crippen molar-refractivity contribution in [2.75, 3.05) is 13.2 Å². The molecule has 1 N–H and O–H groups in total. The predicted octanol–water partition coefficient (Wildman–Crippen LogP) is 1.39. The molecule has 7 nitrogen and oxygen atoms in total. The molecule has 0 aliphatic heterocycles. The monoisotopic (exact) mass is 312 g/mol. The standard InChI is InChI=1S/C7H8F4O7S/c1-2-15-4(12)3-16-5(13)6(8,7(9,10)11)19-18-17-14/h14H,2-3H2,1H3. The molecule has 0 fully saturated rings. The summed E-state index contributed by atoms with van der Waals surface area (Å²) >= 11 is -1.19. The minimum absolute atomic E-state index is 0.105. The summed E-state index contributed by atoms with van der Waals surface area (Å²) in [7, 11) is 0. The Kier molecular flexibility index (Phi) is 7.04. The highest BCUT2D eigenvalue weighted by Gasteiger charge is 2.66. The molecule has 12 heteroatoms. The van der Waals surface area contributed by atoms with E-state index in [9.17, 15) is 27.2 Å². The molecule has 0 rings (SSSR count). The molecule has 0 aromatic heterocycles. The molecule has 0 radical (unpaired) electrons. The number of rotatable bonds is 7. The highest BCUT2D eigenvalue weighted by Crippen LogP contribution is 2.44. The SMILES string of the molecule is CCOC(=O)COC(=O)C(F)(SOOO)C(F)(F)F. The van der Waals surface area contributed by atoms with Crippen molar-refractivity contribution in [1.82, 2.24) is 0 Å². The minimum Gasteiger partial charge on any atom is -0.463 e. The van der Waals surface area contributed by atoms with E-state index in [0.717, 1.165) is 0 Å². The lowest BCUT2D eigenvalue weighted by Crippen LogP contribution is -2.47. The van der Waals surface area contributed by atoms with Gasteiger partial charge in [-0.1, -0.05) is 5.04 Å².